The fraction of sp³-hybridized carbons (Fsp3) is 0.458. The maximum absolute atomic E-state index is 14.0. The molecule has 1 N–H and O–H groups in total. The Morgan fingerprint density at radius 2 is 1.90 bits per heavy atom. The molecule has 2 aromatic carbocycles. The smallest absolute Gasteiger partial charge is 0.224 e. The van der Waals surface area contributed by atoms with E-state index in [2.05, 4.69) is 0 Å². The molecule has 1 unspecified atom stereocenters. The normalized spacial score (nSPS) is 18.7. The average Bonchev–Trinajstić information content (AvgIpc) is 3.28. The number of hydrogen-bond donors (Lipinski definition) is 1. The van der Waals surface area contributed by atoms with Gasteiger partial charge in [-0.15, -0.1) is 0 Å². The first-order valence-corrected chi connectivity index (χ1v) is 10.8. The van der Waals surface area contributed by atoms with E-state index in [9.17, 15) is 14.3 Å². The van der Waals surface area contributed by atoms with Crippen LogP contribution in [-0.2, 0) is 11.3 Å². The molecule has 5 nitrogen and oxygen atoms in total. The first-order chi connectivity index (χ1) is 14.6. The lowest BCUT2D eigenvalue weighted by Crippen LogP contribution is -2.44. The van der Waals surface area contributed by atoms with Crippen molar-refractivity contribution in [3.63, 3.8) is 0 Å². The highest BCUT2D eigenvalue weighted by Crippen LogP contribution is 2.31. The van der Waals surface area contributed by atoms with Crippen molar-refractivity contribution in [2.75, 3.05) is 24.6 Å². The van der Waals surface area contributed by atoms with Gasteiger partial charge < -0.3 is 19.6 Å². The predicted molar refractivity (Wildman–Crippen MR) is 114 cm³/mol. The number of benzene rings is 2. The summed E-state index contributed by atoms with van der Waals surface area (Å²) in [5.74, 6) is 0.506. The Labute approximate surface area is 177 Å². The fourth-order valence-corrected chi connectivity index (χ4v) is 4.51. The standard InChI is InChI=1S/C24H29FN2O3/c25-19-10-11-23-18(14-19)15-27(20-6-4-5-7-20)24(29)12-13-26(23)16-21(28)17-30-22-8-2-1-3-9-22/h1-3,8-11,14,20-21,28H,4-7,12-13,15-17H2. The number of hydrogen-bond acceptors (Lipinski definition) is 4. The third-order valence-corrected chi connectivity index (χ3v) is 6.02. The summed E-state index contributed by atoms with van der Waals surface area (Å²) in [6.45, 7) is 1.38. The highest BCUT2D eigenvalue weighted by Gasteiger charge is 2.30. The van der Waals surface area contributed by atoms with Gasteiger partial charge in [-0.1, -0.05) is 31.0 Å². The van der Waals surface area contributed by atoms with Crippen molar-refractivity contribution >= 4 is 11.6 Å². The van der Waals surface area contributed by atoms with Gasteiger partial charge in [-0.3, -0.25) is 4.79 Å². The molecule has 0 saturated heterocycles. The SMILES string of the molecule is O=C1CCN(CC(O)COc2ccccc2)c2ccc(F)cc2CN1C1CCCC1. The molecule has 160 valence electrons. The van der Waals surface area contributed by atoms with Crippen molar-refractivity contribution in [2.24, 2.45) is 0 Å². The number of fused-ring (bicyclic) bond motifs is 1. The van der Waals surface area contributed by atoms with E-state index in [1.54, 1.807) is 6.07 Å². The molecule has 1 amide bonds. The first-order valence-electron chi connectivity index (χ1n) is 10.8. The van der Waals surface area contributed by atoms with Crippen LogP contribution in [0.4, 0.5) is 10.1 Å². The Kier molecular flexibility index (Phi) is 6.53. The summed E-state index contributed by atoms with van der Waals surface area (Å²) < 4.78 is 19.7. The molecular formula is C24H29FN2O3. The second-order valence-electron chi connectivity index (χ2n) is 8.21. The van der Waals surface area contributed by atoms with Crippen LogP contribution in [0.2, 0.25) is 0 Å². The van der Waals surface area contributed by atoms with Crippen LogP contribution in [-0.4, -0.2) is 47.8 Å². The number of nitrogens with zero attached hydrogens (tertiary/aromatic N) is 2. The molecule has 1 atom stereocenters. The lowest BCUT2D eigenvalue weighted by atomic mass is 10.0. The Hall–Kier alpha value is -2.60. The van der Waals surface area contributed by atoms with Gasteiger partial charge in [0.05, 0.1) is 0 Å². The maximum Gasteiger partial charge on any atom is 0.224 e. The summed E-state index contributed by atoms with van der Waals surface area (Å²) in [6.07, 6.45) is 3.99. The van der Waals surface area contributed by atoms with Crippen molar-refractivity contribution in [1.82, 2.24) is 4.90 Å². The van der Waals surface area contributed by atoms with Crippen molar-refractivity contribution in [3.8, 4) is 5.75 Å². The van der Waals surface area contributed by atoms with Gasteiger partial charge in [0.2, 0.25) is 5.91 Å². The number of anilines is 1. The number of halogens is 1. The van der Waals surface area contributed by atoms with Crippen LogP contribution in [0.5, 0.6) is 5.75 Å². The zero-order chi connectivity index (χ0) is 20.9. The van der Waals surface area contributed by atoms with Gasteiger partial charge in [0.15, 0.2) is 0 Å². The van der Waals surface area contributed by atoms with Crippen LogP contribution in [0.3, 0.4) is 0 Å². The Morgan fingerprint density at radius 1 is 1.13 bits per heavy atom. The van der Waals surface area contributed by atoms with Gasteiger partial charge >= 0.3 is 0 Å². The molecule has 1 saturated carbocycles. The van der Waals surface area contributed by atoms with Crippen LogP contribution < -0.4 is 9.64 Å². The predicted octanol–water partition coefficient (Wildman–Crippen LogP) is 3.75. The molecule has 2 aliphatic rings. The van der Waals surface area contributed by atoms with Gasteiger partial charge in [0.1, 0.15) is 24.3 Å². The van der Waals surface area contributed by atoms with E-state index in [0.29, 0.717) is 31.8 Å². The average molecular weight is 413 g/mol. The molecule has 0 radical (unpaired) electrons. The second-order valence-corrected chi connectivity index (χ2v) is 8.21. The Bertz CT molecular complexity index is 855. The van der Waals surface area contributed by atoms with E-state index >= 15 is 0 Å². The molecule has 0 bridgehead atoms. The zero-order valence-corrected chi connectivity index (χ0v) is 17.2. The maximum atomic E-state index is 14.0. The minimum atomic E-state index is -0.733. The van der Waals surface area contributed by atoms with Gasteiger partial charge in [0.25, 0.3) is 0 Å². The van der Waals surface area contributed by atoms with Crippen molar-refractivity contribution in [1.29, 1.82) is 0 Å². The number of ether oxygens (including phenoxy) is 1. The molecule has 1 aliphatic carbocycles. The summed E-state index contributed by atoms with van der Waals surface area (Å²) in [5, 5.41) is 10.6. The summed E-state index contributed by atoms with van der Waals surface area (Å²) in [6, 6.07) is 14.3. The highest BCUT2D eigenvalue weighted by molar-refractivity contribution is 5.78. The van der Waals surface area contributed by atoms with E-state index in [1.807, 2.05) is 40.1 Å². The van der Waals surface area contributed by atoms with Gasteiger partial charge in [0, 0.05) is 37.8 Å². The van der Waals surface area contributed by atoms with E-state index in [-0.39, 0.29) is 24.4 Å². The lowest BCUT2D eigenvalue weighted by Gasteiger charge is -2.36. The number of carbonyl (C=O) groups excluding carboxylic acids is 1. The van der Waals surface area contributed by atoms with Crippen molar-refractivity contribution < 1.29 is 19.0 Å². The summed E-state index contributed by atoms with van der Waals surface area (Å²) in [4.78, 5) is 16.8. The van der Waals surface area contributed by atoms with Crippen LogP contribution in [0.25, 0.3) is 0 Å². The van der Waals surface area contributed by atoms with Crippen LogP contribution in [0.1, 0.15) is 37.7 Å². The third-order valence-electron chi connectivity index (χ3n) is 6.02. The number of amides is 1. The zero-order valence-electron chi connectivity index (χ0n) is 17.2. The molecular weight excluding hydrogens is 383 g/mol. The lowest BCUT2D eigenvalue weighted by molar-refractivity contribution is -0.134. The van der Waals surface area contributed by atoms with E-state index in [0.717, 1.165) is 36.9 Å². The second kappa shape index (κ2) is 9.47. The Morgan fingerprint density at radius 3 is 2.67 bits per heavy atom. The fourth-order valence-electron chi connectivity index (χ4n) is 4.51. The number of aliphatic hydroxyl groups excluding tert-OH is 1. The molecule has 6 heteroatoms. The van der Waals surface area contributed by atoms with Crippen molar-refractivity contribution in [2.45, 2.75) is 50.8 Å². The van der Waals surface area contributed by atoms with E-state index < -0.39 is 6.10 Å². The highest BCUT2D eigenvalue weighted by atomic mass is 19.1. The molecule has 4 rings (SSSR count). The summed E-state index contributed by atoms with van der Waals surface area (Å²) >= 11 is 0. The van der Waals surface area contributed by atoms with E-state index in [4.69, 9.17) is 4.74 Å². The molecule has 1 heterocycles. The van der Waals surface area contributed by atoms with Gasteiger partial charge in [-0.2, -0.15) is 0 Å². The molecule has 0 spiro atoms. The number of aliphatic hydroxyl groups is 1. The monoisotopic (exact) mass is 412 g/mol. The third kappa shape index (κ3) is 4.93. The summed E-state index contributed by atoms with van der Waals surface area (Å²) in [5.41, 5.74) is 1.68. The first kappa shape index (κ1) is 20.7. The number of para-hydroxylation sites is 1. The number of carbonyl (C=O) groups is 1. The van der Waals surface area contributed by atoms with Crippen LogP contribution in [0, 0.1) is 5.82 Å². The largest absolute Gasteiger partial charge is 0.491 e. The molecule has 0 aromatic heterocycles. The number of rotatable bonds is 6. The minimum absolute atomic E-state index is 0.108. The molecule has 1 fully saturated rings. The molecule has 30 heavy (non-hydrogen) atoms. The van der Waals surface area contributed by atoms with Gasteiger partial charge in [-0.25, -0.2) is 4.39 Å². The van der Waals surface area contributed by atoms with Crippen LogP contribution in [0.15, 0.2) is 48.5 Å². The molecule has 1 aliphatic heterocycles. The van der Waals surface area contributed by atoms with Crippen LogP contribution >= 0.6 is 0 Å². The Balaban J connectivity index is 1.49. The quantitative estimate of drug-likeness (QED) is 0.785. The molecule has 2 aromatic rings. The van der Waals surface area contributed by atoms with E-state index in [1.165, 1.54) is 12.1 Å². The number of β-amino-alcohol motifs (C(OH)–C–C–N with tert-alkyl or cyclic N) is 1. The van der Waals surface area contributed by atoms with Crippen molar-refractivity contribution in [3.05, 3.63) is 59.9 Å². The topological polar surface area (TPSA) is 53.0 Å². The van der Waals surface area contributed by atoms with Gasteiger partial charge in [-0.05, 0) is 48.7 Å². The summed E-state index contributed by atoms with van der Waals surface area (Å²) in [7, 11) is 0. The minimum Gasteiger partial charge on any atom is -0.491 e.